The summed E-state index contributed by atoms with van der Waals surface area (Å²) in [6.07, 6.45) is 2.60. The molecule has 0 spiro atoms. The van der Waals surface area contributed by atoms with E-state index < -0.39 is 0 Å². The molecule has 0 bridgehead atoms. The molecular formula is C18H22N6O. The fourth-order valence-corrected chi connectivity index (χ4v) is 2.95. The van der Waals surface area contributed by atoms with Gasteiger partial charge in [0.2, 0.25) is 5.95 Å². The molecule has 0 amide bonds. The van der Waals surface area contributed by atoms with E-state index in [1.54, 1.807) is 7.11 Å². The van der Waals surface area contributed by atoms with Crippen molar-refractivity contribution < 1.29 is 4.74 Å². The number of benzene rings is 1. The number of nitrogens with one attached hydrogen (secondary N) is 1. The molecule has 3 rings (SSSR count). The maximum absolute atomic E-state index is 6.06. The summed E-state index contributed by atoms with van der Waals surface area (Å²) >= 11 is 0. The lowest BCUT2D eigenvalue weighted by Crippen LogP contribution is -2.09. The van der Waals surface area contributed by atoms with Gasteiger partial charge in [-0.2, -0.15) is 9.97 Å². The summed E-state index contributed by atoms with van der Waals surface area (Å²) in [5, 5.41) is 4.19. The van der Waals surface area contributed by atoms with Gasteiger partial charge in [-0.25, -0.2) is 4.98 Å². The predicted octanol–water partition coefficient (Wildman–Crippen LogP) is 2.68. The zero-order valence-electron chi connectivity index (χ0n) is 14.6. The van der Waals surface area contributed by atoms with Gasteiger partial charge in [-0.15, -0.1) is 0 Å². The standard InChI is InChI=1S/C18H22N6O/c1-4-12-11(8-21-13-7-10(2)5-6-14(13)25-3)9-22-17-15(12)16(19)23-18(20)24-17/h5-7,9,21H,4,8H2,1-3H3,(H4,19,20,22,23,24). The largest absolute Gasteiger partial charge is 0.495 e. The molecule has 130 valence electrons. The summed E-state index contributed by atoms with van der Waals surface area (Å²) in [7, 11) is 1.66. The van der Waals surface area contributed by atoms with Gasteiger partial charge in [-0.3, -0.25) is 0 Å². The summed E-state index contributed by atoms with van der Waals surface area (Å²) in [5.41, 5.74) is 16.5. The zero-order valence-corrected chi connectivity index (χ0v) is 14.6. The van der Waals surface area contributed by atoms with E-state index in [1.165, 1.54) is 0 Å². The Balaban J connectivity index is 1.98. The minimum Gasteiger partial charge on any atom is -0.495 e. The quantitative estimate of drug-likeness (QED) is 0.655. The molecular weight excluding hydrogens is 316 g/mol. The van der Waals surface area contributed by atoms with Crippen LogP contribution in [0, 0.1) is 6.92 Å². The second kappa shape index (κ2) is 6.80. The van der Waals surface area contributed by atoms with Crippen LogP contribution in [0.1, 0.15) is 23.6 Å². The molecule has 7 nitrogen and oxygen atoms in total. The third-order valence-corrected chi connectivity index (χ3v) is 4.15. The maximum Gasteiger partial charge on any atom is 0.224 e. The van der Waals surface area contributed by atoms with E-state index in [0.717, 1.165) is 39.9 Å². The average molecular weight is 338 g/mol. The third-order valence-electron chi connectivity index (χ3n) is 4.15. The topological polar surface area (TPSA) is 112 Å². The number of fused-ring (bicyclic) bond motifs is 1. The number of nitrogen functional groups attached to an aromatic ring is 2. The Bertz CT molecular complexity index is 925. The van der Waals surface area contributed by atoms with E-state index in [0.29, 0.717) is 18.0 Å². The molecule has 0 aliphatic carbocycles. The second-order valence-corrected chi connectivity index (χ2v) is 5.84. The van der Waals surface area contributed by atoms with Crippen LogP contribution in [0.15, 0.2) is 24.4 Å². The van der Waals surface area contributed by atoms with Crippen molar-refractivity contribution in [2.45, 2.75) is 26.8 Å². The van der Waals surface area contributed by atoms with Crippen LogP contribution in [-0.2, 0) is 13.0 Å². The molecule has 0 fully saturated rings. The monoisotopic (exact) mass is 338 g/mol. The van der Waals surface area contributed by atoms with Crippen molar-refractivity contribution in [1.29, 1.82) is 0 Å². The van der Waals surface area contributed by atoms with Crippen LogP contribution in [-0.4, -0.2) is 22.1 Å². The number of nitrogens with zero attached hydrogens (tertiary/aromatic N) is 3. The molecule has 0 atom stereocenters. The molecule has 0 radical (unpaired) electrons. The van der Waals surface area contributed by atoms with Crippen molar-refractivity contribution in [3.63, 3.8) is 0 Å². The van der Waals surface area contributed by atoms with Crippen molar-refractivity contribution in [2.24, 2.45) is 0 Å². The Morgan fingerprint density at radius 1 is 1.20 bits per heavy atom. The number of aromatic nitrogens is 3. The van der Waals surface area contributed by atoms with Crippen molar-refractivity contribution >= 4 is 28.5 Å². The molecule has 0 unspecified atom stereocenters. The fourth-order valence-electron chi connectivity index (χ4n) is 2.95. The van der Waals surface area contributed by atoms with Crippen molar-refractivity contribution in [2.75, 3.05) is 23.9 Å². The summed E-state index contributed by atoms with van der Waals surface area (Å²) in [6.45, 7) is 4.71. The lowest BCUT2D eigenvalue weighted by molar-refractivity contribution is 0.416. The second-order valence-electron chi connectivity index (χ2n) is 5.84. The van der Waals surface area contributed by atoms with Gasteiger partial charge in [0.05, 0.1) is 18.2 Å². The van der Waals surface area contributed by atoms with Gasteiger partial charge in [0.25, 0.3) is 0 Å². The molecule has 0 saturated heterocycles. The normalized spacial score (nSPS) is 10.8. The minimum atomic E-state index is 0.134. The highest BCUT2D eigenvalue weighted by atomic mass is 16.5. The molecule has 0 aliphatic rings. The molecule has 0 saturated carbocycles. The first kappa shape index (κ1) is 16.8. The fraction of sp³-hybridized carbons (Fsp3) is 0.278. The van der Waals surface area contributed by atoms with Gasteiger partial charge < -0.3 is 21.5 Å². The van der Waals surface area contributed by atoms with Gasteiger partial charge in [-0.1, -0.05) is 13.0 Å². The van der Waals surface area contributed by atoms with Crippen LogP contribution in [0.5, 0.6) is 5.75 Å². The number of methoxy groups -OCH3 is 1. The number of aryl methyl sites for hydroxylation is 2. The predicted molar refractivity (Wildman–Crippen MR) is 101 cm³/mol. The van der Waals surface area contributed by atoms with Crippen LogP contribution in [0.3, 0.4) is 0 Å². The Kier molecular flexibility index (Phi) is 4.56. The minimum absolute atomic E-state index is 0.134. The molecule has 2 heterocycles. The van der Waals surface area contributed by atoms with E-state index in [-0.39, 0.29) is 5.95 Å². The Morgan fingerprint density at radius 3 is 2.72 bits per heavy atom. The van der Waals surface area contributed by atoms with Crippen LogP contribution < -0.4 is 21.5 Å². The number of nitrogens with two attached hydrogens (primary N) is 2. The van der Waals surface area contributed by atoms with E-state index in [1.807, 2.05) is 25.3 Å². The first-order chi connectivity index (χ1) is 12.0. The van der Waals surface area contributed by atoms with E-state index >= 15 is 0 Å². The van der Waals surface area contributed by atoms with Crippen LogP contribution in [0.4, 0.5) is 17.5 Å². The molecule has 3 aromatic rings. The molecule has 2 aromatic heterocycles. The highest BCUT2D eigenvalue weighted by Crippen LogP contribution is 2.28. The Labute approximate surface area is 146 Å². The molecule has 0 aliphatic heterocycles. The lowest BCUT2D eigenvalue weighted by atomic mass is 10.0. The van der Waals surface area contributed by atoms with E-state index in [9.17, 15) is 0 Å². The van der Waals surface area contributed by atoms with E-state index in [2.05, 4.69) is 33.3 Å². The average Bonchev–Trinajstić information content (AvgIpc) is 2.59. The number of pyridine rings is 1. The number of ether oxygens (including phenoxy) is 1. The molecule has 1 aromatic carbocycles. The number of hydrogen-bond acceptors (Lipinski definition) is 7. The third kappa shape index (κ3) is 3.26. The Morgan fingerprint density at radius 2 is 2.00 bits per heavy atom. The van der Waals surface area contributed by atoms with Gasteiger partial charge in [-0.05, 0) is 42.2 Å². The van der Waals surface area contributed by atoms with Crippen molar-refractivity contribution in [3.05, 3.63) is 41.1 Å². The summed E-state index contributed by atoms with van der Waals surface area (Å²) < 4.78 is 5.42. The Hall–Kier alpha value is -3.09. The first-order valence-electron chi connectivity index (χ1n) is 8.11. The van der Waals surface area contributed by atoms with Crippen LogP contribution in [0.25, 0.3) is 11.0 Å². The van der Waals surface area contributed by atoms with Crippen molar-refractivity contribution in [3.8, 4) is 5.75 Å². The first-order valence-corrected chi connectivity index (χ1v) is 8.11. The number of rotatable bonds is 5. The van der Waals surface area contributed by atoms with Gasteiger partial charge in [0.15, 0.2) is 5.65 Å². The highest BCUT2D eigenvalue weighted by Gasteiger charge is 2.13. The summed E-state index contributed by atoms with van der Waals surface area (Å²) in [4.78, 5) is 12.7. The molecule has 7 heteroatoms. The molecule has 25 heavy (non-hydrogen) atoms. The van der Waals surface area contributed by atoms with Crippen LogP contribution >= 0.6 is 0 Å². The number of hydrogen-bond donors (Lipinski definition) is 3. The number of anilines is 3. The SMILES string of the molecule is CCc1c(CNc2cc(C)ccc2OC)cnc2nc(N)nc(N)c12. The maximum atomic E-state index is 6.06. The van der Waals surface area contributed by atoms with Gasteiger partial charge >= 0.3 is 0 Å². The zero-order chi connectivity index (χ0) is 18.0. The smallest absolute Gasteiger partial charge is 0.224 e. The lowest BCUT2D eigenvalue weighted by Gasteiger charge is -2.15. The summed E-state index contributed by atoms with van der Waals surface area (Å²) in [5.74, 6) is 1.30. The van der Waals surface area contributed by atoms with E-state index in [4.69, 9.17) is 16.2 Å². The van der Waals surface area contributed by atoms with Crippen molar-refractivity contribution in [1.82, 2.24) is 15.0 Å². The molecule has 5 N–H and O–H groups in total. The summed E-state index contributed by atoms with van der Waals surface area (Å²) in [6, 6.07) is 6.02. The van der Waals surface area contributed by atoms with Crippen LogP contribution in [0.2, 0.25) is 0 Å². The van der Waals surface area contributed by atoms with Gasteiger partial charge in [0, 0.05) is 12.7 Å². The van der Waals surface area contributed by atoms with Gasteiger partial charge in [0.1, 0.15) is 11.6 Å². The highest BCUT2D eigenvalue weighted by molar-refractivity contribution is 5.90.